The van der Waals surface area contributed by atoms with Gasteiger partial charge in [-0.25, -0.2) is 0 Å². The van der Waals surface area contributed by atoms with Crippen LogP contribution in [0.5, 0.6) is 0 Å². The van der Waals surface area contributed by atoms with E-state index in [4.69, 9.17) is 5.11 Å². The standard InChI is InChI=1S/C8H13NO2/c10-7(11)8-3-1-2-6(8)4-9-5-8/h6,9H,1-5H2,(H,10,11)/t6-,8+/m0/s1. The topological polar surface area (TPSA) is 49.3 Å². The summed E-state index contributed by atoms with van der Waals surface area (Å²) in [5, 5.41) is 12.2. The molecule has 1 saturated carbocycles. The second-order valence-corrected chi connectivity index (χ2v) is 3.68. The molecular weight excluding hydrogens is 142 g/mol. The third-order valence-corrected chi connectivity index (χ3v) is 3.21. The fourth-order valence-electron chi connectivity index (χ4n) is 2.50. The van der Waals surface area contributed by atoms with Crippen LogP contribution in [0.1, 0.15) is 19.3 Å². The van der Waals surface area contributed by atoms with Crippen LogP contribution in [0.15, 0.2) is 0 Å². The molecule has 1 aliphatic heterocycles. The lowest BCUT2D eigenvalue weighted by atomic mass is 9.81. The van der Waals surface area contributed by atoms with Crippen molar-refractivity contribution in [2.24, 2.45) is 11.3 Å². The molecule has 2 rings (SSSR count). The number of nitrogens with one attached hydrogen (secondary N) is 1. The summed E-state index contributed by atoms with van der Waals surface area (Å²) in [5.74, 6) is -0.190. The van der Waals surface area contributed by atoms with Crippen molar-refractivity contribution < 1.29 is 9.90 Å². The molecule has 0 amide bonds. The molecule has 1 saturated heterocycles. The summed E-state index contributed by atoms with van der Waals surface area (Å²) in [6.07, 6.45) is 3.07. The van der Waals surface area contributed by atoms with Crippen LogP contribution >= 0.6 is 0 Å². The molecule has 0 unspecified atom stereocenters. The number of hydrogen-bond donors (Lipinski definition) is 2. The lowest BCUT2D eigenvalue weighted by Gasteiger charge is -2.21. The Morgan fingerprint density at radius 3 is 3.09 bits per heavy atom. The average Bonchev–Trinajstić information content (AvgIpc) is 2.40. The van der Waals surface area contributed by atoms with E-state index in [1.54, 1.807) is 0 Å². The first-order valence-electron chi connectivity index (χ1n) is 4.20. The first-order valence-corrected chi connectivity index (χ1v) is 4.20. The van der Waals surface area contributed by atoms with Gasteiger partial charge in [-0.1, -0.05) is 6.42 Å². The maximum absolute atomic E-state index is 11.0. The Kier molecular flexibility index (Phi) is 1.42. The van der Waals surface area contributed by atoms with Crippen molar-refractivity contribution >= 4 is 5.97 Å². The van der Waals surface area contributed by atoms with Gasteiger partial charge in [-0.2, -0.15) is 0 Å². The number of carboxylic acids is 1. The van der Waals surface area contributed by atoms with E-state index >= 15 is 0 Å². The molecule has 3 nitrogen and oxygen atoms in total. The van der Waals surface area contributed by atoms with Crippen molar-refractivity contribution in [1.82, 2.24) is 5.32 Å². The smallest absolute Gasteiger partial charge is 0.311 e. The number of carbonyl (C=O) groups is 1. The first-order chi connectivity index (χ1) is 5.26. The Labute approximate surface area is 65.8 Å². The van der Waals surface area contributed by atoms with Crippen molar-refractivity contribution in [2.75, 3.05) is 13.1 Å². The minimum atomic E-state index is -0.593. The van der Waals surface area contributed by atoms with Crippen molar-refractivity contribution in [3.8, 4) is 0 Å². The molecule has 11 heavy (non-hydrogen) atoms. The molecule has 2 fully saturated rings. The summed E-state index contributed by atoms with van der Waals surface area (Å²) in [5.41, 5.74) is -0.389. The van der Waals surface area contributed by atoms with Crippen LogP contribution in [-0.2, 0) is 4.79 Å². The zero-order valence-electron chi connectivity index (χ0n) is 6.47. The summed E-state index contributed by atoms with van der Waals surface area (Å²) >= 11 is 0. The number of fused-ring (bicyclic) bond motifs is 1. The minimum absolute atomic E-state index is 0.389. The van der Waals surface area contributed by atoms with Crippen molar-refractivity contribution in [2.45, 2.75) is 19.3 Å². The molecule has 1 heterocycles. The van der Waals surface area contributed by atoms with Gasteiger partial charge in [0.25, 0.3) is 0 Å². The molecule has 0 aromatic heterocycles. The van der Waals surface area contributed by atoms with E-state index in [1.165, 1.54) is 0 Å². The average molecular weight is 155 g/mol. The Morgan fingerprint density at radius 2 is 2.45 bits per heavy atom. The maximum Gasteiger partial charge on any atom is 0.311 e. The summed E-state index contributed by atoms with van der Waals surface area (Å²) in [6, 6.07) is 0. The Hall–Kier alpha value is -0.570. The highest BCUT2D eigenvalue weighted by atomic mass is 16.4. The zero-order valence-corrected chi connectivity index (χ0v) is 6.47. The van der Waals surface area contributed by atoms with Crippen molar-refractivity contribution in [3.63, 3.8) is 0 Å². The fraction of sp³-hybridized carbons (Fsp3) is 0.875. The normalized spacial score (nSPS) is 42.4. The SMILES string of the molecule is O=C(O)[C@@]12CCC[C@H]1CNC2. The molecule has 3 heteroatoms. The monoisotopic (exact) mass is 155 g/mol. The summed E-state index contributed by atoms with van der Waals surface area (Å²) in [4.78, 5) is 11.0. The van der Waals surface area contributed by atoms with Crippen LogP contribution in [-0.4, -0.2) is 24.2 Å². The van der Waals surface area contributed by atoms with E-state index in [0.29, 0.717) is 12.5 Å². The third kappa shape index (κ3) is 0.805. The molecule has 1 aliphatic carbocycles. The Balaban J connectivity index is 2.26. The molecule has 0 spiro atoms. The van der Waals surface area contributed by atoms with Crippen LogP contribution in [0.2, 0.25) is 0 Å². The lowest BCUT2D eigenvalue weighted by Crippen LogP contribution is -2.34. The number of rotatable bonds is 1. The van der Waals surface area contributed by atoms with Gasteiger partial charge in [-0.3, -0.25) is 4.79 Å². The van der Waals surface area contributed by atoms with Gasteiger partial charge in [0, 0.05) is 6.54 Å². The number of hydrogen-bond acceptors (Lipinski definition) is 2. The van der Waals surface area contributed by atoms with Gasteiger partial charge in [0.05, 0.1) is 5.41 Å². The van der Waals surface area contributed by atoms with Gasteiger partial charge in [0.15, 0.2) is 0 Å². The largest absolute Gasteiger partial charge is 0.481 e. The van der Waals surface area contributed by atoms with Crippen LogP contribution in [0, 0.1) is 11.3 Å². The molecule has 2 N–H and O–H groups in total. The maximum atomic E-state index is 11.0. The van der Waals surface area contributed by atoms with E-state index in [0.717, 1.165) is 25.8 Å². The van der Waals surface area contributed by atoms with Crippen LogP contribution < -0.4 is 5.32 Å². The van der Waals surface area contributed by atoms with Gasteiger partial charge in [0.1, 0.15) is 0 Å². The lowest BCUT2D eigenvalue weighted by molar-refractivity contribution is -0.149. The quantitative estimate of drug-likeness (QED) is 0.578. The number of aliphatic carboxylic acids is 1. The predicted molar refractivity (Wildman–Crippen MR) is 40.3 cm³/mol. The minimum Gasteiger partial charge on any atom is -0.481 e. The highest BCUT2D eigenvalue weighted by Gasteiger charge is 2.51. The van der Waals surface area contributed by atoms with Crippen molar-refractivity contribution in [3.05, 3.63) is 0 Å². The predicted octanol–water partition coefficient (Wildman–Crippen LogP) is 0.461. The fourth-order valence-corrected chi connectivity index (χ4v) is 2.50. The molecule has 0 aromatic carbocycles. The van der Waals surface area contributed by atoms with Crippen molar-refractivity contribution in [1.29, 1.82) is 0 Å². The van der Waals surface area contributed by atoms with E-state index in [-0.39, 0.29) is 5.41 Å². The summed E-state index contributed by atoms with van der Waals surface area (Å²) < 4.78 is 0. The number of carboxylic acid groups (broad SMARTS) is 1. The van der Waals surface area contributed by atoms with Crippen LogP contribution in [0.4, 0.5) is 0 Å². The highest BCUT2D eigenvalue weighted by molar-refractivity contribution is 5.76. The Bertz CT molecular complexity index is 181. The van der Waals surface area contributed by atoms with E-state index < -0.39 is 5.97 Å². The molecule has 0 aromatic rings. The molecule has 2 aliphatic rings. The van der Waals surface area contributed by atoms with E-state index in [2.05, 4.69) is 5.32 Å². The summed E-state index contributed by atoms with van der Waals surface area (Å²) in [7, 11) is 0. The van der Waals surface area contributed by atoms with Crippen LogP contribution in [0.25, 0.3) is 0 Å². The zero-order chi connectivity index (χ0) is 7.90. The molecule has 0 bridgehead atoms. The van der Waals surface area contributed by atoms with Gasteiger partial charge >= 0.3 is 5.97 Å². The van der Waals surface area contributed by atoms with Gasteiger partial charge in [-0.05, 0) is 25.3 Å². The van der Waals surface area contributed by atoms with Gasteiger partial charge in [0.2, 0.25) is 0 Å². The molecular formula is C8H13NO2. The highest BCUT2D eigenvalue weighted by Crippen LogP contribution is 2.45. The van der Waals surface area contributed by atoms with E-state index in [9.17, 15) is 4.79 Å². The van der Waals surface area contributed by atoms with Crippen LogP contribution in [0.3, 0.4) is 0 Å². The Morgan fingerprint density at radius 1 is 1.64 bits per heavy atom. The summed E-state index contributed by atoms with van der Waals surface area (Å²) in [6.45, 7) is 1.60. The second-order valence-electron chi connectivity index (χ2n) is 3.68. The third-order valence-electron chi connectivity index (χ3n) is 3.21. The van der Waals surface area contributed by atoms with E-state index in [1.807, 2.05) is 0 Å². The van der Waals surface area contributed by atoms with Gasteiger partial charge < -0.3 is 10.4 Å². The molecule has 2 atom stereocenters. The molecule has 0 radical (unpaired) electrons. The first kappa shape index (κ1) is 7.10. The molecule has 62 valence electrons. The van der Waals surface area contributed by atoms with Gasteiger partial charge in [-0.15, -0.1) is 0 Å². The second kappa shape index (κ2) is 2.21.